The highest BCUT2D eigenvalue weighted by atomic mass is 31.2. The summed E-state index contributed by atoms with van der Waals surface area (Å²) in [6.07, 6.45) is 52.7. The van der Waals surface area contributed by atoms with Crippen molar-refractivity contribution in [1.82, 2.24) is 0 Å². The van der Waals surface area contributed by atoms with E-state index in [0.717, 1.165) is 57.8 Å². The van der Waals surface area contributed by atoms with Crippen molar-refractivity contribution >= 4 is 25.5 Å². The Labute approximate surface area is 369 Å². The lowest BCUT2D eigenvalue weighted by molar-refractivity contribution is -0.870. The standard InChI is InChI=1S/C50H78NO9P/c1-6-8-10-12-14-16-18-20-21-22-23-24-25-27-29-31-33-35-37-41-49(53)57-45-48(46-59-61(55,56)58-44-43-51(3,4)5)60-50(54)42-38-40-47(52)39-36-34-32-30-28-26-19-17-15-13-11-9-7-2/h8,10,14-17,20-21,23-24,26-29,32-36,39,48H,6-7,9,11-13,18-19,22,25,30-31,37-38,40-46H2,1-5H3/p+1/b10-8-,16-14-,17-15-,21-20-,24-23-,28-26-,29-27-,34-32-,35-33-,39-36+/t48-/m1/s1. The maximum Gasteiger partial charge on any atom is 0.472 e. The fraction of sp³-hybridized carbons (Fsp3) is 0.540. The number of quaternary nitrogens is 1. The van der Waals surface area contributed by atoms with Crippen LogP contribution in [0, 0.1) is 0 Å². The molecule has 0 heterocycles. The molecule has 1 unspecified atom stereocenters. The zero-order chi connectivity index (χ0) is 45.1. The number of allylic oxidation sites excluding steroid dienone is 20. The average Bonchev–Trinajstić information content (AvgIpc) is 3.21. The van der Waals surface area contributed by atoms with E-state index in [0.29, 0.717) is 17.4 Å². The number of phosphoric ester groups is 1. The van der Waals surface area contributed by atoms with Crippen LogP contribution in [0.1, 0.15) is 123 Å². The van der Waals surface area contributed by atoms with E-state index in [1.807, 2.05) is 45.4 Å². The Morgan fingerprint density at radius 2 is 1.10 bits per heavy atom. The van der Waals surface area contributed by atoms with Gasteiger partial charge >= 0.3 is 19.8 Å². The fourth-order valence-corrected chi connectivity index (χ4v) is 5.73. The summed E-state index contributed by atoms with van der Waals surface area (Å²) in [4.78, 5) is 47.6. The van der Waals surface area contributed by atoms with E-state index < -0.39 is 32.5 Å². The van der Waals surface area contributed by atoms with Gasteiger partial charge in [-0.3, -0.25) is 23.4 Å². The molecule has 0 aromatic rings. The Balaban J connectivity index is 4.70. The van der Waals surface area contributed by atoms with Gasteiger partial charge in [-0.2, -0.15) is 0 Å². The minimum atomic E-state index is -4.47. The number of nitrogens with zero attached hydrogens (tertiary/aromatic N) is 1. The Morgan fingerprint density at radius 3 is 1.64 bits per heavy atom. The van der Waals surface area contributed by atoms with Crippen LogP contribution >= 0.6 is 7.82 Å². The molecule has 0 aliphatic carbocycles. The van der Waals surface area contributed by atoms with Crippen molar-refractivity contribution in [2.24, 2.45) is 0 Å². The molecule has 0 saturated heterocycles. The van der Waals surface area contributed by atoms with Gasteiger partial charge in [-0.25, -0.2) is 4.57 Å². The van der Waals surface area contributed by atoms with E-state index >= 15 is 0 Å². The normalized spacial score (nSPS) is 14.6. The molecule has 2 atom stereocenters. The monoisotopic (exact) mass is 869 g/mol. The SMILES string of the molecule is CC/C=C\C/C=C\C/C=C\C/C=C\C/C=C\C/C=C\CCC(=O)OC[C@H](COP(=O)(O)OCC[N+](C)(C)C)OC(=O)CCCC(=O)/C=C/C=C\C/C=C\C/C=C\CCCCC. The molecule has 0 saturated carbocycles. The molecule has 1 N–H and O–H groups in total. The second kappa shape index (κ2) is 40.2. The van der Waals surface area contributed by atoms with Crippen molar-refractivity contribution in [3.8, 4) is 0 Å². The number of carbonyl (C=O) groups is 3. The third-order valence-corrected chi connectivity index (χ3v) is 9.45. The lowest BCUT2D eigenvalue weighted by Crippen LogP contribution is -2.37. The molecular formula is C50H79NO9P+. The number of ketones is 1. The predicted octanol–water partition coefficient (Wildman–Crippen LogP) is 12.1. The van der Waals surface area contributed by atoms with Crippen LogP contribution in [-0.2, 0) is 37.5 Å². The van der Waals surface area contributed by atoms with Crippen LogP contribution in [0.2, 0.25) is 0 Å². The van der Waals surface area contributed by atoms with Crippen LogP contribution in [-0.4, -0.2) is 80.7 Å². The zero-order valence-electron chi connectivity index (χ0n) is 38.1. The second-order valence-corrected chi connectivity index (χ2v) is 16.8. The molecular weight excluding hydrogens is 790 g/mol. The first-order valence-electron chi connectivity index (χ1n) is 22.2. The van der Waals surface area contributed by atoms with Gasteiger partial charge in [0.15, 0.2) is 11.9 Å². The summed E-state index contributed by atoms with van der Waals surface area (Å²) in [6, 6.07) is 0. The average molecular weight is 869 g/mol. The van der Waals surface area contributed by atoms with Crippen LogP contribution in [0.4, 0.5) is 0 Å². The summed E-state index contributed by atoms with van der Waals surface area (Å²) in [5.74, 6) is -1.30. The minimum Gasteiger partial charge on any atom is -0.462 e. The number of carbonyl (C=O) groups excluding carboxylic acids is 3. The minimum absolute atomic E-state index is 0.0300. The number of likely N-dealkylation sites (N-methyl/N-ethyl adjacent to an activating group) is 1. The number of hydrogen-bond acceptors (Lipinski definition) is 8. The van der Waals surface area contributed by atoms with Gasteiger partial charge in [0.25, 0.3) is 0 Å². The zero-order valence-corrected chi connectivity index (χ0v) is 39.0. The Hall–Kier alpha value is -3.92. The molecule has 61 heavy (non-hydrogen) atoms. The molecule has 342 valence electrons. The first kappa shape index (κ1) is 57.1. The summed E-state index contributed by atoms with van der Waals surface area (Å²) in [5, 5.41) is 0. The smallest absolute Gasteiger partial charge is 0.462 e. The molecule has 0 amide bonds. The lowest BCUT2D eigenvalue weighted by Gasteiger charge is -2.24. The van der Waals surface area contributed by atoms with Crippen molar-refractivity contribution < 1.29 is 46.8 Å². The first-order valence-corrected chi connectivity index (χ1v) is 23.7. The number of rotatable bonds is 38. The van der Waals surface area contributed by atoms with Gasteiger partial charge < -0.3 is 18.9 Å². The molecule has 0 rings (SSSR count). The lowest BCUT2D eigenvalue weighted by atomic mass is 10.1. The van der Waals surface area contributed by atoms with Crippen LogP contribution in [0.15, 0.2) is 122 Å². The molecule has 11 heteroatoms. The third kappa shape index (κ3) is 44.0. The molecule has 0 radical (unpaired) electrons. The van der Waals surface area contributed by atoms with E-state index in [1.54, 1.807) is 6.08 Å². The number of ether oxygens (including phenoxy) is 2. The van der Waals surface area contributed by atoms with Crippen LogP contribution in [0.25, 0.3) is 0 Å². The third-order valence-electron chi connectivity index (χ3n) is 8.47. The summed E-state index contributed by atoms with van der Waals surface area (Å²) in [7, 11) is 1.27. The van der Waals surface area contributed by atoms with Gasteiger partial charge in [0.1, 0.15) is 19.8 Å². The molecule has 0 aromatic heterocycles. The highest BCUT2D eigenvalue weighted by Gasteiger charge is 2.27. The van der Waals surface area contributed by atoms with E-state index in [1.165, 1.54) is 25.3 Å². The molecule has 10 nitrogen and oxygen atoms in total. The van der Waals surface area contributed by atoms with Gasteiger partial charge in [0.05, 0.1) is 27.7 Å². The van der Waals surface area contributed by atoms with Crippen LogP contribution < -0.4 is 0 Å². The first-order chi connectivity index (χ1) is 29.4. The van der Waals surface area contributed by atoms with Gasteiger partial charge in [0, 0.05) is 19.3 Å². The number of unbranched alkanes of at least 4 members (excludes halogenated alkanes) is 3. The Kier molecular flexibility index (Phi) is 37.6. The quantitative estimate of drug-likeness (QED) is 0.0123. The maximum absolute atomic E-state index is 12.7. The topological polar surface area (TPSA) is 125 Å². The van der Waals surface area contributed by atoms with Crippen molar-refractivity contribution in [2.45, 2.75) is 129 Å². The highest BCUT2D eigenvalue weighted by Crippen LogP contribution is 2.43. The van der Waals surface area contributed by atoms with Gasteiger partial charge in [-0.15, -0.1) is 0 Å². The molecule has 0 aliphatic rings. The predicted molar refractivity (Wildman–Crippen MR) is 252 cm³/mol. The number of esters is 2. The molecule has 0 aromatic carbocycles. The summed E-state index contributed by atoms with van der Waals surface area (Å²) in [5.41, 5.74) is 0. The fourth-order valence-electron chi connectivity index (χ4n) is 4.99. The van der Waals surface area contributed by atoms with Crippen LogP contribution in [0.3, 0.4) is 0 Å². The van der Waals surface area contributed by atoms with Gasteiger partial charge in [-0.1, -0.05) is 142 Å². The largest absolute Gasteiger partial charge is 0.472 e. The summed E-state index contributed by atoms with van der Waals surface area (Å²) >= 11 is 0. The molecule has 0 fully saturated rings. The number of phosphoric acid groups is 1. The van der Waals surface area contributed by atoms with Gasteiger partial charge in [0.2, 0.25) is 0 Å². The highest BCUT2D eigenvalue weighted by molar-refractivity contribution is 7.47. The van der Waals surface area contributed by atoms with Crippen molar-refractivity contribution in [1.29, 1.82) is 0 Å². The van der Waals surface area contributed by atoms with Crippen molar-refractivity contribution in [3.63, 3.8) is 0 Å². The summed E-state index contributed by atoms with van der Waals surface area (Å²) < 4.78 is 34.0. The number of hydrogen-bond donors (Lipinski definition) is 1. The maximum atomic E-state index is 12.7. The van der Waals surface area contributed by atoms with E-state index in [2.05, 4.69) is 98.9 Å². The van der Waals surface area contributed by atoms with Crippen molar-refractivity contribution in [3.05, 3.63) is 122 Å². The van der Waals surface area contributed by atoms with E-state index in [-0.39, 0.29) is 44.7 Å². The summed E-state index contributed by atoms with van der Waals surface area (Å²) in [6.45, 7) is 3.87. The van der Waals surface area contributed by atoms with Gasteiger partial charge in [-0.05, 0) is 83.1 Å². The molecule has 0 aliphatic heterocycles. The second-order valence-electron chi connectivity index (χ2n) is 15.4. The molecule has 0 spiro atoms. The Morgan fingerprint density at radius 1 is 0.574 bits per heavy atom. The Bertz CT molecular complexity index is 1510. The van der Waals surface area contributed by atoms with Crippen molar-refractivity contribution in [2.75, 3.05) is 47.5 Å². The van der Waals surface area contributed by atoms with E-state index in [9.17, 15) is 23.8 Å². The van der Waals surface area contributed by atoms with Crippen LogP contribution in [0.5, 0.6) is 0 Å². The molecule has 0 bridgehead atoms. The van der Waals surface area contributed by atoms with E-state index in [4.69, 9.17) is 18.5 Å².